The molecule has 3 rings (SSSR count). The van der Waals surface area contributed by atoms with Gasteiger partial charge in [0.25, 0.3) is 0 Å². The molecule has 4 heteroatoms. The molecular weight excluding hydrogens is 243 g/mol. The molecule has 1 unspecified atom stereocenters. The monoisotopic (exact) mass is 262 g/mol. The molecular formula is C15H19FN2O. The van der Waals surface area contributed by atoms with Crippen molar-refractivity contribution < 1.29 is 9.13 Å². The lowest BCUT2D eigenvalue weighted by molar-refractivity contribution is -0.0748. The van der Waals surface area contributed by atoms with Gasteiger partial charge >= 0.3 is 0 Å². The van der Waals surface area contributed by atoms with Gasteiger partial charge in [-0.1, -0.05) is 6.07 Å². The number of halogens is 1. The minimum atomic E-state index is -0.266. The Hall–Kier alpha value is -1.42. The molecule has 0 aromatic heterocycles. The van der Waals surface area contributed by atoms with Crippen LogP contribution in [0.5, 0.6) is 0 Å². The molecule has 0 spiro atoms. The van der Waals surface area contributed by atoms with E-state index in [4.69, 9.17) is 10.1 Å². The van der Waals surface area contributed by atoms with E-state index in [1.54, 1.807) is 6.07 Å². The molecule has 102 valence electrons. The summed E-state index contributed by atoms with van der Waals surface area (Å²) in [7, 11) is 0. The average Bonchev–Trinajstić information content (AvgIpc) is 2.66. The van der Waals surface area contributed by atoms with E-state index in [-0.39, 0.29) is 11.4 Å². The van der Waals surface area contributed by atoms with Gasteiger partial charge in [-0.3, -0.25) is 5.41 Å². The summed E-state index contributed by atoms with van der Waals surface area (Å²) in [6.07, 6.45) is 1.84. The van der Waals surface area contributed by atoms with Crippen LogP contribution in [0.3, 0.4) is 0 Å². The van der Waals surface area contributed by atoms with Crippen molar-refractivity contribution in [1.82, 2.24) is 4.90 Å². The van der Waals surface area contributed by atoms with E-state index >= 15 is 0 Å². The number of benzene rings is 1. The Bertz CT molecular complexity index is 527. The summed E-state index contributed by atoms with van der Waals surface area (Å²) in [5.74, 6) is 0.190. The highest BCUT2D eigenvalue weighted by Gasteiger charge is 2.36. The summed E-state index contributed by atoms with van der Waals surface area (Å²) in [6.45, 7) is 5.62. The number of ether oxygens (including phenoxy) is 1. The maximum atomic E-state index is 13.3. The van der Waals surface area contributed by atoms with Gasteiger partial charge in [-0.2, -0.15) is 0 Å². The molecule has 3 nitrogen and oxygen atoms in total. The SMILES string of the molecule is CC1(C)CC(N2Cc3ccc(F)cc3C2=N)CCO1. The van der Waals surface area contributed by atoms with E-state index < -0.39 is 0 Å². The predicted octanol–water partition coefficient (Wildman–Crippen LogP) is 2.92. The predicted molar refractivity (Wildman–Crippen MR) is 71.8 cm³/mol. The van der Waals surface area contributed by atoms with Crippen LogP contribution in [0, 0.1) is 11.2 Å². The van der Waals surface area contributed by atoms with Crippen LogP contribution >= 0.6 is 0 Å². The molecule has 1 aromatic carbocycles. The molecule has 2 aliphatic heterocycles. The van der Waals surface area contributed by atoms with Crippen molar-refractivity contribution in [2.75, 3.05) is 6.61 Å². The van der Waals surface area contributed by atoms with Crippen LogP contribution in [0.15, 0.2) is 18.2 Å². The Kier molecular flexibility index (Phi) is 2.86. The first-order valence-corrected chi connectivity index (χ1v) is 6.74. The molecule has 0 amide bonds. The summed E-state index contributed by atoms with van der Waals surface area (Å²) >= 11 is 0. The number of fused-ring (bicyclic) bond motifs is 1. The lowest BCUT2D eigenvalue weighted by atomic mass is 9.93. The van der Waals surface area contributed by atoms with Crippen molar-refractivity contribution in [2.24, 2.45) is 0 Å². The minimum absolute atomic E-state index is 0.136. The van der Waals surface area contributed by atoms with E-state index in [2.05, 4.69) is 18.7 Å². The Balaban J connectivity index is 1.84. The van der Waals surface area contributed by atoms with Crippen molar-refractivity contribution in [3.05, 3.63) is 35.1 Å². The molecule has 1 aromatic rings. The Labute approximate surface area is 112 Å². The molecule has 1 saturated heterocycles. The van der Waals surface area contributed by atoms with Crippen molar-refractivity contribution in [3.8, 4) is 0 Å². The zero-order chi connectivity index (χ0) is 13.6. The number of nitrogens with zero attached hydrogens (tertiary/aromatic N) is 1. The number of hydrogen-bond acceptors (Lipinski definition) is 2. The van der Waals surface area contributed by atoms with Gasteiger partial charge in [0, 0.05) is 24.8 Å². The molecule has 19 heavy (non-hydrogen) atoms. The van der Waals surface area contributed by atoms with Crippen LogP contribution in [-0.4, -0.2) is 29.0 Å². The zero-order valence-corrected chi connectivity index (χ0v) is 11.4. The maximum Gasteiger partial charge on any atom is 0.129 e. The normalized spacial score (nSPS) is 25.5. The first kappa shape index (κ1) is 12.6. The average molecular weight is 262 g/mol. The fraction of sp³-hybridized carbons (Fsp3) is 0.533. The summed E-state index contributed by atoms with van der Waals surface area (Å²) in [4.78, 5) is 2.09. The van der Waals surface area contributed by atoms with Gasteiger partial charge in [-0.15, -0.1) is 0 Å². The molecule has 2 aliphatic rings. The summed E-state index contributed by atoms with van der Waals surface area (Å²) < 4.78 is 19.0. The van der Waals surface area contributed by atoms with E-state index in [0.29, 0.717) is 11.9 Å². The van der Waals surface area contributed by atoms with Gasteiger partial charge in [-0.05, 0) is 44.4 Å². The number of amidine groups is 1. The zero-order valence-electron chi connectivity index (χ0n) is 11.4. The van der Waals surface area contributed by atoms with Crippen LogP contribution in [-0.2, 0) is 11.3 Å². The molecule has 0 bridgehead atoms. The molecule has 0 aliphatic carbocycles. The topological polar surface area (TPSA) is 36.3 Å². The number of rotatable bonds is 1. The third-order valence-electron chi connectivity index (χ3n) is 4.07. The highest BCUT2D eigenvalue weighted by molar-refractivity contribution is 6.00. The number of nitrogens with one attached hydrogen (secondary N) is 1. The number of hydrogen-bond donors (Lipinski definition) is 1. The van der Waals surface area contributed by atoms with Crippen molar-refractivity contribution in [1.29, 1.82) is 5.41 Å². The molecule has 1 N–H and O–H groups in total. The molecule has 0 radical (unpaired) electrons. The highest BCUT2D eigenvalue weighted by Crippen LogP contribution is 2.33. The first-order chi connectivity index (χ1) is 8.96. The minimum Gasteiger partial charge on any atom is -0.375 e. The van der Waals surface area contributed by atoms with Gasteiger partial charge in [-0.25, -0.2) is 4.39 Å². The second-order valence-electron chi connectivity index (χ2n) is 6.03. The Morgan fingerprint density at radius 1 is 1.42 bits per heavy atom. The van der Waals surface area contributed by atoms with Crippen LogP contribution in [0.4, 0.5) is 4.39 Å². The molecule has 2 heterocycles. The van der Waals surface area contributed by atoms with Crippen LogP contribution in [0.25, 0.3) is 0 Å². The Morgan fingerprint density at radius 3 is 2.95 bits per heavy atom. The van der Waals surface area contributed by atoms with Crippen molar-refractivity contribution in [3.63, 3.8) is 0 Å². The lowest BCUT2D eigenvalue weighted by Gasteiger charge is -2.40. The van der Waals surface area contributed by atoms with Crippen molar-refractivity contribution in [2.45, 2.75) is 44.9 Å². The summed E-state index contributed by atoms with van der Waals surface area (Å²) in [6, 6.07) is 5.06. The van der Waals surface area contributed by atoms with Gasteiger partial charge in [0.2, 0.25) is 0 Å². The van der Waals surface area contributed by atoms with E-state index in [1.165, 1.54) is 12.1 Å². The smallest absolute Gasteiger partial charge is 0.129 e. The van der Waals surface area contributed by atoms with E-state index in [0.717, 1.165) is 37.1 Å². The quantitative estimate of drug-likeness (QED) is 0.844. The van der Waals surface area contributed by atoms with Gasteiger partial charge in [0.05, 0.1) is 5.60 Å². The summed E-state index contributed by atoms with van der Waals surface area (Å²) in [5.41, 5.74) is 1.66. The summed E-state index contributed by atoms with van der Waals surface area (Å²) in [5, 5.41) is 8.27. The van der Waals surface area contributed by atoms with Gasteiger partial charge < -0.3 is 9.64 Å². The van der Waals surface area contributed by atoms with E-state index in [1.807, 2.05) is 0 Å². The Morgan fingerprint density at radius 2 is 2.21 bits per heavy atom. The van der Waals surface area contributed by atoms with E-state index in [9.17, 15) is 4.39 Å². The third kappa shape index (κ3) is 2.25. The lowest BCUT2D eigenvalue weighted by Crippen LogP contribution is -2.46. The maximum absolute atomic E-state index is 13.3. The highest BCUT2D eigenvalue weighted by atomic mass is 19.1. The molecule has 1 fully saturated rings. The van der Waals surface area contributed by atoms with Crippen LogP contribution in [0.1, 0.15) is 37.8 Å². The second-order valence-corrected chi connectivity index (χ2v) is 6.03. The fourth-order valence-corrected chi connectivity index (χ4v) is 3.10. The molecule has 0 saturated carbocycles. The first-order valence-electron chi connectivity index (χ1n) is 6.74. The van der Waals surface area contributed by atoms with Crippen LogP contribution < -0.4 is 0 Å². The largest absolute Gasteiger partial charge is 0.375 e. The second kappa shape index (κ2) is 4.30. The third-order valence-corrected chi connectivity index (χ3v) is 4.07. The fourth-order valence-electron chi connectivity index (χ4n) is 3.10. The van der Waals surface area contributed by atoms with Crippen molar-refractivity contribution >= 4 is 5.84 Å². The standard InChI is InChI=1S/C15H19FN2O/c1-15(2)8-12(5-6-19-15)18-9-10-3-4-11(16)7-13(10)14(18)17/h3-4,7,12,17H,5-6,8-9H2,1-2H3. The van der Waals surface area contributed by atoms with Gasteiger partial charge in [0.1, 0.15) is 11.7 Å². The molecule has 1 atom stereocenters. The van der Waals surface area contributed by atoms with Gasteiger partial charge in [0.15, 0.2) is 0 Å². The van der Waals surface area contributed by atoms with Crippen LogP contribution in [0.2, 0.25) is 0 Å².